The molecule has 0 saturated heterocycles. The molecule has 0 fully saturated rings. The van der Waals surface area contributed by atoms with Crippen LogP contribution in [-0.4, -0.2) is 31.3 Å². The lowest BCUT2D eigenvalue weighted by Gasteiger charge is -2.04. The van der Waals surface area contributed by atoms with Crippen LogP contribution >= 0.6 is 11.3 Å². The van der Waals surface area contributed by atoms with Gasteiger partial charge in [0.15, 0.2) is 0 Å². The highest BCUT2D eigenvalue weighted by Crippen LogP contribution is 2.25. The van der Waals surface area contributed by atoms with Gasteiger partial charge in [0, 0.05) is 30.4 Å². The van der Waals surface area contributed by atoms with Gasteiger partial charge >= 0.3 is 0 Å². The lowest BCUT2D eigenvalue weighted by molar-refractivity contribution is 0.562. The fraction of sp³-hybridized carbons (Fsp3) is 0.462. The van der Waals surface area contributed by atoms with E-state index in [0.29, 0.717) is 23.8 Å². The number of sulfonamides is 1. The van der Waals surface area contributed by atoms with Gasteiger partial charge in [-0.15, -0.1) is 11.3 Å². The van der Waals surface area contributed by atoms with Gasteiger partial charge in [0.25, 0.3) is 0 Å². The molecule has 8 heteroatoms. The minimum absolute atomic E-state index is 0.323. The van der Waals surface area contributed by atoms with Crippen LogP contribution in [0.1, 0.15) is 17.4 Å². The number of aromatic nitrogens is 2. The van der Waals surface area contributed by atoms with Crippen LogP contribution in [-0.2, 0) is 23.1 Å². The highest BCUT2D eigenvalue weighted by Gasteiger charge is 2.18. The molecule has 2 aromatic rings. The van der Waals surface area contributed by atoms with Crippen molar-refractivity contribution in [2.45, 2.75) is 31.1 Å². The molecular formula is C13H20N4O2S2. The third-order valence-corrected chi connectivity index (χ3v) is 6.16. The zero-order valence-electron chi connectivity index (χ0n) is 12.2. The molecule has 0 saturated carbocycles. The van der Waals surface area contributed by atoms with Crippen LogP contribution < -0.4 is 10.0 Å². The predicted octanol–water partition coefficient (Wildman–Crippen LogP) is 1.34. The number of rotatable bonds is 8. The molecule has 0 aliphatic rings. The Morgan fingerprint density at radius 3 is 2.90 bits per heavy atom. The number of nitrogens with one attached hydrogen (secondary N) is 2. The highest BCUT2D eigenvalue weighted by molar-refractivity contribution is 7.91. The standard InChI is InChI=1S/C13H20N4O2S2/c1-3-14-10-12-11(2)9-13(20-12)21(18,19)16-6-8-17-7-4-5-15-17/h4-5,7,9,14,16H,3,6,8,10H2,1-2H3. The second-order valence-corrected chi connectivity index (χ2v) is 7.75. The quantitative estimate of drug-likeness (QED) is 0.767. The van der Waals surface area contributed by atoms with Crippen molar-refractivity contribution in [3.8, 4) is 0 Å². The number of thiophene rings is 1. The largest absolute Gasteiger partial charge is 0.312 e. The van der Waals surface area contributed by atoms with E-state index in [2.05, 4.69) is 15.1 Å². The second-order valence-electron chi connectivity index (χ2n) is 4.62. The maximum atomic E-state index is 12.2. The Morgan fingerprint density at radius 1 is 1.43 bits per heavy atom. The van der Waals surface area contributed by atoms with Crippen molar-refractivity contribution in [1.29, 1.82) is 0 Å². The van der Waals surface area contributed by atoms with Crippen LogP contribution in [0.5, 0.6) is 0 Å². The zero-order chi connectivity index (χ0) is 15.3. The van der Waals surface area contributed by atoms with Gasteiger partial charge in [0.1, 0.15) is 4.21 Å². The molecule has 0 aliphatic heterocycles. The van der Waals surface area contributed by atoms with Gasteiger partial charge in [-0.2, -0.15) is 5.10 Å². The van der Waals surface area contributed by atoms with Gasteiger partial charge in [0.05, 0.1) is 6.54 Å². The highest BCUT2D eigenvalue weighted by atomic mass is 32.2. The van der Waals surface area contributed by atoms with Gasteiger partial charge in [-0.05, 0) is 31.2 Å². The summed E-state index contributed by atoms with van der Waals surface area (Å²) >= 11 is 1.32. The number of hydrogen-bond donors (Lipinski definition) is 2. The Morgan fingerprint density at radius 2 is 2.24 bits per heavy atom. The number of aryl methyl sites for hydroxylation is 1. The summed E-state index contributed by atoms with van der Waals surface area (Å²) in [6, 6.07) is 3.54. The van der Waals surface area contributed by atoms with Gasteiger partial charge < -0.3 is 5.32 Å². The first-order chi connectivity index (χ1) is 10.0. The van der Waals surface area contributed by atoms with Gasteiger partial charge in [0.2, 0.25) is 10.0 Å². The molecule has 0 spiro atoms. The fourth-order valence-electron chi connectivity index (χ4n) is 1.83. The molecule has 2 heterocycles. The molecule has 21 heavy (non-hydrogen) atoms. The fourth-order valence-corrected chi connectivity index (χ4v) is 4.46. The molecule has 0 atom stereocenters. The maximum absolute atomic E-state index is 12.2. The van der Waals surface area contributed by atoms with Crippen molar-refractivity contribution in [2.75, 3.05) is 13.1 Å². The van der Waals surface area contributed by atoms with Gasteiger partial charge in [-0.1, -0.05) is 6.92 Å². The first-order valence-electron chi connectivity index (χ1n) is 6.80. The van der Waals surface area contributed by atoms with Crippen molar-refractivity contribution in [1.82, 2.24) is 19.8 Å². The SMILES string of the molecule is CCNCc1sc(S(=O)(=O)NCCn2cccn2)cc1C. The van der Waals surface area contributed by atoms with E-state index in [9.17, 15) is 8.42 Å². The van der Waals surface area contributed by atoms with Gasteiger partial charge in [-0.3, -0.25) is 4.68 Å². The predicted molar refractivity (Wildman–Crippen MR) is 83.9 cm³/mol. The first kappa shape index (κ1) is 16.2. The lowest BCUT2D eigenvalue weighted by Crippen LogP contribution is -2.27. The Balaban J connectivity index is 1.98. The monoisotopic (exact) mass is 328 g/mol. The second kappa shape index (κ2) is 7.17. The van der Waals surface area contributed by atoms with E-state index >= 15 is 0 Å². The molecule has 0 bridgehead atoms. The summed E-state index contributed by atoms with van der Waals surface area (Å²) in [5.41, 5.74) is 1.01. The van der Waals surface area contributed by atoms with E-state index in [1.54, 1.807) is 23.1 Å². The summed E-state index contributed by atoms with van der Waals surface area (Å²) in [5.74, 6) is 0. The van der Waals surface area contributed by atoms with Crippen molar-refractivity contribution in [3.63, 3.8) is 0 Å². The van der Waals surface area contributed by atoms with E-state index in [1.807, 2.05) is 19.9 Å². The van der Waals surface area contributed by atoms with E-state index in [1.165, 1.54) is 11.3 Å². The molecule has 0 radical (unpaired) electrons. The van der Waals surface area contributed by atoms with Crippen LogP contribution in [0, 0.1) is 6.92 Å². The minimum atomic E-state index is -3.44. The minimum Gasteiger partial charge on any atom is -0.312 e. The van der Waals surface area contributed by atoms with Crippen molar-refractivity contribution in [3.05, 3.63) is 35.0 Å². The van der Waals surface area contributed by atoms with E-state index < -0.39 is 10.0 Å². The normalized spacial score (nSPS) is 11.9. The van der Waals surface area contributed by atoms with Gasteiger partial charge in [-0.25, -0.2) is 13.1 Å². The molecule has 2 rings (SSSR count). The summed E-state index contributed by atoms with van der Waals surface area (Å²) < 4.78 is 29.2. The van der Waals surface area contributed by atoms with E-state index in [4.69, 9.17) is 0 Å². The van der Waals surface area contributed by atoms with E-state index in [-0.39, 0.29) is 0 Å². The lowest BCUT2D eigenvalue weighted by atomic mass is 10.3. The van der Waals surface area contributed by atoms with Crippen LogP contribution in [0.3, 0.4) is 0 Å². The Bertz CT molecular complexity index is 662. The molecule has 6 nitrogen and oxygen atoms in total. The maximum Gasteiger partial charge on any atom is 0.250 e. The number of hydrogen-bond acceptors (Lipinski definition) is 5. The van der Waals surface area contributed by atoms with Crippen LogP contribution in [0.15, 0.2) is 28.7 Å². The van der Waals surface area contributed by atoms with Crippen LogP contribution in [0.25, 0.3) is 0 Å². The van der Waals surface area contributed by atoms with E-state index in [0.717, 1.165) is 17.0 Å². The first-order valence-corrected chi connectivity index (χ1v) is 9.10. The molecule has 0 aliphatic carbocycles. The third kappa shape index (κ3) is 4.37. The Kier molecular flexibility index (Phi) is 5.51. The van der Waals surface area contributed by atoms with Crippen molar-refractivity contribution < 1.29 is 8.42 Å². The van der Waals surface area contributed by atoms with Crippen molar-refractivity contribution in [2.24, 2.45) is 0 Å². The van der Waals surface area contributed by atoms with Crippen LogP contribution in [0.4, 0.5) is 0 Å². The van der Waals surface area contributed by atoms with Crippen molar-refractivity contribution >= 4 is 21.4 Å². The molecule has 2 aromatic heterocycles. The smallest absolute Gasteiger partial charge is 0.250 e. The zero-order valence-corrected chi connectivity index (χ0v) is 13.8. The number of nitrogens with zero attached hydrogens (tertiary/aromatic N) is 2. The van der Waals surface area contributed by atoms with Crippen LogP contribution in [0.2, 0.25) is 0 Å². The third-order valence-electron chi connectivity index (χ3n) is 2.99. The summed E-state index contributed by atoms with van der Waals surface area (Å²) in [6.07, 6.45) is 3.47. The average Bonchev–Trinajstić information content (AvgIpc) is 3.06. The summed E-state index contributed by atoms with van der Waals surface area (Å²) in [7, 11) is -3.44. The molecule has 116 valence electrons. The topological polar surface area (TPSA) is 76.0 Å². The molecule has 0 amide bonds. The summed E-state index contributed by atoms with van der Waals surface area (Å²) in [5, 5.41) is 7.25. The molecule has 0 unspecified atom stereocenters. The summed E-state index contributed by atoms with van der Waals surface area (Å²) in [6.45, 7) is 6.37. The Hall–Kier alpha value is -1.22. The summed E-state index contributed by atoms with van der Waals surface area (Å²) in [4.78, 5) is 1.06. The average molecular weight is 328 g/mol. The molecule has 2 N–H and O–H groups in total. The molecule has 0 aromatic carbocycles. The molecular weight excluding hydrogens is 308 g/mol. The Labute approximate surface area is 129 Å².